The van der Waals surface area contributed by atoms with E-state index < -0.39 is 0 Å². The molecule has 19 heavy (non-hydrogen) atoms. The topological polar surface area (TPSA) is 30.0 Å². The van der Waals surface area contributed by atoms with Gasteiger partial charge in [-0.15, -0.1) is 0 Å². The Morgan fingerprint density at radius 1 is 0.895 bits per heavy atom. The Kier molecular flexibility index (Phi) is 3.52. The molecule has 0 aliphatic heterocycles. The number of aryl methyl sites for hydroxylation is 1. The summed E-state index contributed by atoms with van der Waals surface area (Å²) in [6.45, 7) is 10.0. The monoisotopic (exact) mass is 253 g/mol. The van der Waals surface area contributed by atoms with E-state index in [1.807, 2.05) is 58.9 Å². The summed E-state index contributed by atoms with van der Waals surface area (Å²) in [6.07, 6.45) is 0. The molecular weight excluding hydrogens is 234 g/mol. The zero-order valence-electron chi connectivity index (χ0n) is 12.2. The number of hydrogen-bond donors (Lipinski definition) is 0. The van der Waals surface area contributed by atoms with Gasteiger partial charge in [0.25, 0.3) is 0 Å². The minimum atomic E-state index is 0.115. The van der Waals surface area contributed by atoms with Crippen molar-refractivity contribution in [2.45, 2.75) is 34.6 Å². The minimum Gasteiger partial charge on any atom is -0.288 e. The van der Waals surface area contributed by atoms with E-state index in [4.69, 9.17) is 0 Å². The van der Waals surface area contributed by atoms with Crippen molar-refractivity contribution in [1.82, 2.24) is 4.98 Å². The van der Waals surface area contributed by atoms with Gasteiger partial charge < -0.3 is 0 Å². The van der Waals surface area contributed by atoms with Crippen molar-refractivity contribution in [3.8, 4) is 11.3 Å². The van der Waals surface area contributed by atoms with Crippen LogP contribution in [0.4, 0.5) is 0 Å². The molecule has 0 radical (unpaired) electrons. The summed E-state index contributed by atoms with van der Waals surface area (Å²) in [5.74, 6) is 0.115. The zero-order valence-corrected chi connectivity index (χ0v) is 12.2. The number of hydrogen-bond acceptors (Lipinski definition) is 2. The van der Waals surface area contributed by atoms with Crippen LogP contribution >= 0.6 is 0 Å². The van der Waals surface area contributed by atoms with Crippen LogP contribution in [0.5, 0.6) is 0 Å². The molecule has 0 N–H and O–H groups in total. The molecule has 3 rings (SSSR count). The van der Waals surface area contributed by atoms with Crippen molar-refractivity contribution in [2.24, 2.45) is 0 Å². The van der Waals surface area contributed by atoms with Gasteiger partial charge in [0.1, 0.15) is 0 Å². The van der Waals surface area contributed by atoms with Crippen molar-refractivity contribution in [3.05, 3.63) is 52.2 Å². The Balaban J connectivity index is 0.000000637. The highest BCUT2D eigenvalue weighted by molar-refractivity contribution is 6.21. The third-order valence-electron chi connectivity index (χ3n) is 3.65. The third-order valence-corrected chi connectivity index (χ3v) is 3.65. The Bertz CT molecular complexity index is 657. The number of carbonyl (C=O) groups excluding carboxylic acids is 1. The van der Waals surface area contributed by atoms with Crippen LogP contribution in [-0.4, -0.2) is 10.8 Å². The minimum absolute atomic E-state index is 0.115. The molecule has 98 valence electrons. The summed E-state index contributed by atoms with van der Waals surface area (Å²) in [5.41, 5.74) is 6.58. The number of carbonyl (C=O) groups is 1. The first-order valence-corrected chi connectivity index (χ1v) is 6.73. The van der Waals surface area contributed by atoms with E-state index in [-0.39, 0.29) is 5.78 Å². The lowest BCUT2D eigenvalue weighted by Crippen LogP contribution is -2.02. The van der Waals surface area contributed by atoms with Gasteiger partial charge in [0, 0.05) is 16.8 Å². The Hall–Kier alpha value is -1.96. The first-order valence-electron chi connectivity index (χ1n) is 6.73. The molecule has 2 aromatic rings. The molecular formula is C17H19NO. The van der Waals surface area contributed by atoms with E-state index in [9.17, 15) is 4.79 Å². The molecule has 1 heterocycles. The van der Waals surface area contributed by atoms with Crippen LogP contribution in [-0.2, 0) is 0 Å². The van der Waals surface area contributed by atoms with Gasteiger partial charge in [-0.3, -0.25) is 9.78 Å². The maximum atomic E-state index is 12.3. The van der Waals surface area contributed by atoms with Crippen molar-refractivity contribution >= 4 is 5.78 Å². The Morgan fingerprint density at radius 3 is 2.11 bits per heavy atom. The summed E-state index contributed by atoms with van der Waals surface area (Å²) in [5, 5.41) is 0. The molecule has 1 aliphatic carbocycles. The average molecular weight is 253 g/mol. The number of rotatable bonds is 0. The number of fused-ring (bicyclic) bond motifs is 3. The smallest absolute Gasteiger partial charge is 0.196 e. The zero-order chi connectivity index (χ0) is 14.2. The molecule has 0 fully saturated rings. The lowest BCUT2D eigenvalue weighted by molar-refractivity contribution is 0.104. The fourth-order valence-electron chi connectivity index (χ4n) is 2.44. The molecule has 0 atom stereocenters. The SMILES string of the molecule is CC.Cc1nc2c(c(C)c1C)C(=O)c1ccccc1-2. The number of aromatic nitrogens is 1. The van der Waals surface area contributed by atoms with E-state index in [1.165, 1.54) is 0 Å². The molecule has 0 amide bonds. The molecule has 1 aliphatic rings. The standard InChI is InChI=1S/C15H13NO.C2H6/c1-8-9(2)13-14(16-10(8)3)11-6-4-5-7-12(11)15(13)17;1-2/h4-7H,1-3H3;1-2H3. The largest absolute Gasteiger partial charge is 0.288 e. The summed E-state index contributed by atoms with van der Waals surface area (Å²) in [6, 6.07) is 7.70. The fraction of sp³-hybridized carbons (Fsp3) is 0.294. The molecule has 1 aromatic heterocycles. The predicted molar refractivity (Wildman–Crippen MR) is 78.7 cm³/mol. The molecule has 1 aromatic carbocycles. The highest BCUT2D eigenvalue weighted by Crippen LogP contribution is 2.37. The van der Waals surface area contributed by atoms with Crippen LogP contribution in [0.1, 0.15) is 46.6 Å². The molecule has 0 saturated carbocycles. The molecule has 0 saturated heterocycles. The maximum absolute atomic E-state index is 12.3. The average Bonchev–Trinajstić information content (AvgIpc) is 2.72. The van der Waals surface area contributed by atoms with Gasteiger partial charge in [0.2, 0.25) is 0 Å². The lowest BCUT2D eigenvalue weighted by atomic mass is 10.0. The Morgan fingerprint density at radius 2 is 1.47 bits per heavy atom. The number of pyridine rings is 1. The van der Waals surface area contributed by atoms with Crippen LogP contribution in [0.15, 0.2) is 24.3 Å². The predicted octanol–water partition coefficient (Wildman–Crippen LogP) is 4.24. The third kappa shape index (κ3) is 1.88. The number of ketones is 1. The van der Waals surface area contributed by atoms with Gasteiger partial charge in [-0.1, -0.05) is 38.1 Å². The van der Waals surface area contributed by atoms with Crippen molar-refractivity contribution in [2.75, 3.05) is 0 Å². The van der Waals surface area contributed by atoms with Gasteiger partial charge in [0.15, 0.2) is 5.78 Å². The van der Waals surface area contributed by atoms with E-state index in [0.717, 1.165) is 39.2 Å². The van der Waals surface area contributed by atoms with Gasteiger partial charge >= 0.3 is 0 Å². The molecule has 2 nitrogen and oxygen atoms in total. The summed E-state index contributed by atoms with van der Waals surface area (Å²) in [4.78, 5) is 16.9. The summed E-state index contributed by atoms with van der Waals surface area (Å²) >= 11 is 0. The van der Waals surface area contributed by atoms with Crippen LogP contribution < -0.4 is 0 Å². The fourth-order valence-corrected chi connectivity index (χ4v) is 2.44. The van der Waals surface area contributed by atoms with Gasteiger partial charge in [-0.05, 0) is 31.9 Å². The van der Waals surface area contributed by atoms with Crippen LogP contribution in [0.2, 0.25) is 0 Å². The molecule has 2 heteroatoms. The lowest BCUT2D eigenvalue weighted by Gasteiger charge is -2.09. The van der Waals surface area contributed by atoms with E-state index >= 15 is 0 Å². The second-order valence-electron chi connectivity index (χ2n) is 4.55. The highest BCUT2D eigenvalue weighted by atomic mass is 16.1. The second kappa shape index (κ2) is 4.96. The van der Waals surface area contributed by atoms with E-state index in [1.54, 1.807) is 0 Å². The maximum Gasteiger partial charge on any atom is 0.196 e. The quantitative estimate of drug-likeness (QED) is 0.599. The van der Waals surface area contributed by atoms with Crippen molar-refractivity contribution in [3.63, 3.8) is 0 Å². The van der Waals surface area contributed by atoms with Crippen LogP contribution in [0.25, 0.3) is 11.3 Å². The van der Waals surface area contributed by atoms with Crippen molar-refractivity contribution < 1.29 is 4.79 Å². The van der Waals surface area contributed by atoms with E-state index in [0.29, 0.717) is 0 Å². The molecule has 0 bridgehead atoms. The summed E-state index contributed by atoms with van der Waals surface area (Å²) in [7, 11) is 0. The van der Waals surface area contributed by atoms with Gasteiger partial charge in [-0.25, -0.2) is 0 Å². The van der Waals surface area contributed by atoms with E-state index in [2.05, 4.69) is 4.98 Å². The normalized spacial score (nSPS) is 11.5. The first-order chi connectivity index (χ1) is 9.11. The molecule has 0 unspecified atom stereocenters. The second-order valence-corrected chi connectivity index (χ2v) is 4.55. The van der Waals surface area contributed by atoms with Gasteiger partial charge in [0.05, 0.1) is 11.3 Å². The molecule has 0 spiro atoms. The summed E-state index contributed by atoms with van der Waals surface area (Å²) < 4.78 is 0. The van der Waals surface area contributed by atoms with Crippen LogP contribution in [0.3, 0.4) is 0 Å². The van der Waals surface area contributed by atoms with Crippen LogP contribution in [0, 0.1) is 20.8 Å². The number of nitrogens with zero attached hydrogens (tertiary/aromatic N) is 1. The Labute approximate surface area is 114 Å². The van der Waals surface area contributed by atoms with Crippen molar-refractivity contribution in [1.29, 1.82) is 0 Å². The highest BCUT2D eigenvalue weighted by Gasteiger charge is 2.30. The van der Waals surface area contributed by atoms with Gasteiger partial charge in [-0.2, -0.15) is 0 Å². The first kappa shape index (κ1) is 13.5. The number of benzene rings is 1.